The zero-order chi connectivity index (χ0) is 11.4. The number of carbonyl (C=O) groups is 2. The van der Waals surface area contributed by atoms with Gasteiger partial charge in [-0.2, -0.15) is 0 Å². The zero-order valence-corrected chi connectivity index (χ0v) is 8.90. The molecule has 2 rings (SSSR count). The van der Waals surface area contributed by atoms with E-state index in [9.17, 15) is 9.59 Å². The summed E-state index contributed by atoms with van der Waals surface area (Å²) < 4.78 is 0. The standard InChI is InChI=1S/C12H14N2O2/c15-8-13-10-3-1-9(2-4-10)7-12(16)14-11-5-6-11/h1-4,8,11H,5-7H2,(H,13,15)(H,14,16). The average molecular weight is 218 g/mol. The third kappa shape index (κ3) is 3.08. The van der Waals surface area contributed by atoms with Crippen LogP contribution in [-0.4, -0.2) is 18.4 Å². The molecule has 84 valence electrons. The van der Waals surface area contributed by atoms with Gasteiger partial charge in [-0.25, -0.2) is 0 Å². The largest absolute Gasteiger partial charge is 0.353 e. The number of amides is 2. The van der Waals surface area contributed by atoms with Crippen molar-refractivity contribution in [2.24, 2.45) is 0 Å². The highest BCUT2D eigenvalue weighted by Gasteiger charge is 2.22. The Bertz CT molecular complexity index is 383. The van der Waals surface area contributed by atoms with E-state index in [1.54, 1.807) is 12.1 Å². The molecule has 0 atom stereocenters. The lowest BCUT2D eigenvalue weighted by Crippen LogP contribution is -2.26. The predicted octanol–water partition coefficient (Wildman–Crippen LogP) is 1.08. The molecule has 0 unspecified atom stereocenters. The molecule has 1 aromatic carbocycles. The molecule has 1 aromatic rings. The van der Waals surface area contributed by atoms with Crippen LogP contribution in [0.2, 0.25) is 0 Å². The molecule has 2 amide bonds. The summed E-state index contributed by atoms with van der Waals surface area (Å²) in [6.07, 6.45) is 3.24. The number of carbonyl (C=O) groups excluding carboxylic acids is 2. The van der Waals surface area contributed by atoms with Crippen LogP contribution in [0.5, 0.6) is 0 Å². The summed E-state index contributed by atoms with van der Waals surface area (Å²) in [5.41, 5.74) is 1.69. The Morgan fingerprint density at radius 2 is 2.00 bits per heavy atom. The van der Waals surface area contributed by atoms with Gasteiger partial charge in [0, 0.05) is 11.7 Å². The Labute approximate surface area is 94.0 Å². The molecule has 2 N–H and O–H groups in total. The van der Waals surface area contributed by atoms with E-state index in [-0.39, 0.29) is 5.91 Å². The number of anilines is 1. The zero-order valence-electron chi connectivity index (χ0n) is 8.90. The summed E-state index contributed by atoms with van der Waals surface area (Å²) in [5, 5.41) is 5.48. The minimum absolute atomic E-state index is 0.0681. The van der Waals surface area contributed by atoms with Crippen molar-refractivity contribution in [1.29, 1.82) is 0 Å². The van der Waals surface area contributed by atoms with Crippen LogP contribution in [0.1, 0.15) is 18.4 Å². The molecule has 0 aromatic heterocycles. The maximum atomic E-state index is 11.5. The molecule has 0 bridgehead atoms. The van der Waals surface area contributed by atoms with Gasteiger partial charge in [0.15, 0.2) is 0 Å². The summed E-state index contributed by atoms with van der Waals surface area (Å²) in [6.45, 7) is 0. The minimum atomic E-state index is 0.0681. The monoisotopic (exact) mass is 218 g/mol. The summed E-state index contributed by atoms with van der Waals surface area (Å²) in [5.74, 6) is 0.0681. The highest BCUT2D eigenvalue weighted by Crippen LogP contribution is 2.18. The van der Waals surface area contributed by atoms with E-state index in [0.29, 0.717) is 18.9 Å². The fourth-order valence-electron chi connectivity index (χ4n) is 1.48. The molecule has 0 heterocycles. The van der Waals surface area contributed by atoms with E-state index >= 15 is 0 Å². The van der Waals surface area contributed by atoms with Crippen molar-refractivity contribution in [3.8, 4) is 0 Å². The summed E-state index contributed by atoms with van der Waals surface area (Å²) >= 11 is 0. The number of hydrogen-bond donors (Lipinski definition) is 2. The van der Waals surface area contributed by atoms with E-state index in [2.05, 4.69) is 10.6 Å². The van der Waals surface area contributed by atoms with Crippen LogP contribution >= 0.6 is 0 Å². The topological polar surface area (TPSA) is 58.2 Å². The van der Waals surface area contributed by atoms with Gasteiger partial charge >= 0.3 is 0 Å². The average Bonchev–Trinajstić information content (AvgIpc) is 3.05. The molecule has 0 spiro atoms. The highest BCUT2D eigenvalue weighted by molar-refractivity contribution is 5.79. The Morgan fingerprint density at radius 3 is 2.56 bits per heavy atom. The minimum Gasteiger partial charge on any atom is -0.353 e. The fourth-order valence-corrected chi connectivity index (χ4v) is 1.48. The van der Waals surface area contributed by atoms with Crippen molar-refractivity contribution in [2.45, 2.75) is 25.3 Å². The van der Waals surface area contributed by atoms with E-state index < -0.39 is 0 Å². The molecule has 1 aliphatic rings. The van der Waals surface area contributed by atoms with E-state index in [4.69, 9.17) is 0 Å². The third-order valence-electron chi connectivity index (χ3n) is 2.49. The molecular weight excluding hydrogens is 204 g/mol. The van der Waals surface area contributed by atoms with E-state index in [1.807, 2.05) is 12.1 Å². The molecule has 1 fully saturated rings. The Balaban J connectivity index is 1.88. The van der Waals surface area contributed by atoms with Gasteiger partial charge in [0.2, 0.25) is 12.3 Å². The van der Waals surface area contributed by atoms with Crippen LogP contribution in [0.4, 0.5) is 5.69 Å². The molecule has 4 nitrogen and oxygen atoms in total. The second-order valence-electron chi connectivity index (χ2n) is 3.98. The first-order valence-electron chi connectivity index (χ1n) is 5.36. The smallest absolute Gasteiger partial charge is 0.224 e. The number of benzene rings is 1. The predicted molar refractivity (Wildman–Crippen MR) is 61.0 cm³/mol. The lowest BCUT2D eigenvalue weighted by molar-refractivity contribution is -0.120. The van der Waals surface area contributed by atoms with Crippen molar-refractivity contribution in [2.75, 3.05) is 5.32 Å². The lowest BCUT2D eigenvalue weighted by atomic mass is 10.1. The second kappa shape index (κ2) is 4.79. The maximum Gasteiger partial charge on any atom is 0.224 e. The molecule has 0 saturated heterocycles. The first-order chi connectivity index (χ1) is 7.78. The second-order valence-corrected chi connectivity index (χ2v) is 3.98. The molecule has 0 radical (unpaired) electrons. The van der Waals surface area contributed by atoms with Gasteiger partial charge in [-0.15, -0.1) is 0 Å². The van der Waals surface area contributed by atoms with Crippen LogP contribution < -0.4 is 10.6 Å². The fraction of sp³-hybridized carbons (Fsp3) is 0.333. The molecule has 1 saturated carbocycles. The first kappa shape index (κ1) is 10.7. The van der Waals surface area contributed by atoms with Crippen LogP contribution in [0.15, 0.2) is 24.3 Å². The summed E-state index contributed by atoms with van der Waals surface area (Å²) in [6, 6.07) is 7.67. The van der Waals surface area contributed by atoms with Gasteiger partial charge in [0.05, 0.1) is 6.42 Å². The Kier molecular flexibility index (Phi) is 3.19. The van der Waals surface area contributed by atoms with Crippen LogP contribution in [0.3, 0.4) is 0 Å². The quantitative estimate of drug-likeness (QED) is 0.726. The third-order valence-corrected chi connectivity index (χ3v) is 2.49. The van der Waals surface area contributed by atoms with Crippen molar-refractivity contribution >= 4 is 18.0 Å². The first-order valence-corrected chi connectivity index (χ1v) is 5.36. The Morgan fingerprint density at radius 1 is 1.31 bits per heavy atom. The van der Waals surface area contributed by atoms with Crippen molar-refractivity contribution in [1.82, 2.24) is 5.32 Å². The molecule has 1 aliphatic carbocycles. The van der Waals surface area contributed by atoms with Gasteiger partial charge in [0.25, 0.3) is 0 Å². The van der Waals surface area contributed by atoms with Gasteiger partial charge in [-0.1, -0.05) is 12.1 Å². The number of rotatable bonds is 5. The molecule has 4 heteroatoms. The van der Waals surface area contributed by atoms with Crippen molar-refractivity contribution < 1.29 is 9.59 Å². The molecular formula is C12H14N2O2. The van der Waals surface area contributed by atoms with Crippen molar-refractivity contribution in [3.63, 3.8) is 0 Å². The van der Waals surface area contributed by atoms with E-state index in [1.165, 1.54) is 0 Å². The molecule has 16 heavy (non-hydrogen) atoms. The summed E-state index contributed by atoms with van der Waals surface area (Å²) in [4.78, 5) is 21.7. The SMILES string of the molecule is O=CNc1ccc(CC(=O)NC2CC2)cc1. The van der Waals surface area contributed by atoms with Gasteiger partial charge in [-0.3, -0.25) is 9.59 Å². The van der Waals surface area contributed by atoms with Crippen LogP contribution in [0.25, 0.3) is 0 Å². The lowest BCUT2D eigenvalue weighted by Gasteiger charge is -2.04. The number of hydrogen-bond acceptors (Lipinski definition) is 2. The van der Waals surface area contributed by atoms with Crippen molar-refractivity contribution in [3.05, 3.63) is 29.8 Å². The normalized spacial score (nSPS) is 14.2. The summed E-state index contributed by atoms with van der Waals surface area (Å²) in [7, 11) is 0. The number of nitrogens with one attached hydrogen (secondary N) is 2. The van der Waals surface area contributed by atoms with Gasteiger partial charge in [-0.05, 0) is 30.5 Å². The molecule has 0 aliphatic heterocycles. The Hall–Kier alpha value is -1.84. The van der Waals surface area contributed by atoms with Crippen LogP contribution in [0, 0.1) is 0 Å². The maximum absolute atomic E-state index is 11.5. The van der Waals surface area contributed by atoms with E-state index in [0.717, 1.165) is 24.1 Å². The van der Waals surface area contributed by atoms with Crippen LogP contribution in [-0.2, 0) is 16.0 Å². The van der Waals surface area contributed by atoms with Gasteiger partial charge in [0.1, 0.15) is 0 Å². The highest BCUT2D eigenvalue weighted by atomic mass is 16.1. The van der Waals surface area contributed by atoms with Gasteiger partial charge < -0.3 is 10.6 Å².